The van der Waals surface area contributed by atoms with Crippen LogP contribution in [0.25, 0.3) is 0 Å². The minimum absolute atomic E-state index is 0.0887. The maximum atomic E-state index is 9.10. The summed E-state index contributed by atoms with van der Waals surface area (Å²) < 4.78 is 10.6. The fourth-order valence-electron chi connectivity index (χ4n) is 0.984. The maximum absolute atomic E-state index is 9.10. The molecule has 1 fully saturated rings. The summed E-state index contributed by atoms with van der Waals surface area (Å²) in [5.41, 5.74) is 0.0887. The Morgan fingerprint density at radius 3 is 1.93 bits per heavy atom. The molecule has 1 unspecified atom stereocenters. The summed E-state index contributed by atoms with van der Waals surface area (Å²) in [5.74, 6) is 0. The maximum Gasteiger partial charge on any atom is 0.183 e. The van der Waals surface area contributed by atoms with Gasteiger partial charge in [-0.1, -0.05) is 34.1 Å². The monoisotopic (exact) mass is 204 g/mol. The molecule has 0 spiro atoms. The molecule has 0 aromatic carbocycles. The molecule has 0 saturated carbocycles. The Morgan fingerprint density at radius 1 is 1.29 bits per heavy atom. The minimum atomic E-state index is -0.536. The summed E-state index contributed by atoms with van der Waals surface area (Å²) >= 11 is 0. The zero-order chi connectivity index (χ0) is 11.2. The average Bonchev–Trinajstić information content (AvgIpc) is 2.04. The van der Waals surface area contributed by atoms with Gasteiger partial charge >= 0.3 is 0 Å². The van der Waals surface area contributed by atoms with Gasteiger partial charge in [-0.15, -0.1) is 0 Å². The number of rotatable bonds is 1. The van der Waals surface area contributed by atoms with Gasteiger partial charge in [0.2, 0.25) is 0 Å². The molecular weight excluding hydrogens is 180 g/mol. The molecule has 3 heteroatoms. The summed E-state index contributed by atoms with van der Waals surface area (Å²) in [6.07, 6.45) is 0.286. The lowest BCUT2D eigenvalue weighted by Gasteiger charge is -2.35. The standard InChI is InChI=1S/C8H16O3.C3H8/c1-6(9)7-10-4-8(2,3)5-11-7;1-3-2/h6-7,9H,4-5H2,1-3H3;3H2,1-2H3. The third-order valence-corrected chi connectivity index (χ3v) is 1.67. The molecule has 0 aromatic rings. The van der Waals surface area contributed by atoms with Gasteiger partial charge in [0.25, 0.3) is 0 Å². The molecule has 1 aliphatic rings. The highest BCUT2D eigenvalue weighted by atomic mass is 16.7. The lowest BCUT2D eigenvalue weighted by atomic mass is 9.95. The summed E-state index contributed by atoms with van der Waals surface area (Å²) in [5, 5.41) is 9.10. The van der Waals surface area contributed by atoms with Crippen LogP contribution in [0.3, 0.4) is 0 Å². The quantitative estimate of drug-likeness (QED) is 0.711. The molecule has 0 radical (unpaired) electrons. The number of aliphatic hydroxyl groups excluding tert-OH is 1. The van der Waals surface area contributed by atoms with E-state index in [1.807, 2.05) is 0 Å². The van der Waals surface area contributed by atoms with Crippen LogP contribution in [0.2, 0.25) is 0 Å². The van der Waals surface area contributed by atoms with E-state index in [9.17, 15) is 0 Å². The Morgan fingerprint density at radius 2 is 1.64 bits per heavy atom. The van der Waals surface area contributed by atoms with Crippen LogP contribution in [-0.4, -0.2) is 30.7 Å². The van der Waals surface area contributed by atoms with Crippen LogP contribution in [0.15, 0.2) is 0 Å². The fourth-order valence-corrected chi connectivity index (χ4v) is 0.984. The SMILES string of the molecule is CC(O)C1OCC(C)(C)CO1.CCC. The van der Waals surface area contributed by atoms with Crippen molar-refractivity contribution in [1.29, 1.82) is 0 Å². The van der Waals surface area contributed by atoms with Crippen molar-refractivity contribution in [3.63, 3.8) is 0 Å². The van der Waals surface area contributed by atoms with E-state index in [0.717, 1.165) is 0 Å². The molecular formula is C11H24O3. The smallest absolute Gasteiger partial charge is 0.183 e. The van der Waals surface area contributed by atoms with E-state index in [-0.39, 0.29) is 5.41 Å². The van der Waals surface area contributed by atoms with Gasteiger partial charge in [-0.05, 0) is 6.92 Å². The van der Waals surface area contributed by atoms with E-state index in [1.54, 1.807) is 6.92 Å². The Balaban J connectivity index is 0.000000500. The van der Waals surface area contributed by atoms with Gasteiger partial charge in [-0.3, -0.25) is 0 Å². The molecule has 1 heterocycles. The second kappa shape index (κ2) is 6.38. The molecule has 1 aliphatic heterocycles. The third kappa shape index (κ3) is 5.58. The van der Waals surface area contributed by atoms with Crippen LogP contribution in [0.1, 0.15) is 41.0 Å². The normalized spacial score (nSPS) is 23.6. The molecule has 0 bridgehead atoms. The van der Waals surface area contributed by atoms with Crippen molar-refractivity contribution in [2.75, 3.05) is 13.2 Å². The van der Waals surface area contributed by atoms with Gasteiger partial charge in [-0.25, -0.2) is 0 Å². The van der Waals surface area contributed by atoms with E-state index < -0.39 is 12.4 Å². The predicted octanol–water partition coefficient (Wildman–Crippen LogP) is 2.18. The highest BCUT2D eigenvalue weighted by molar-refractivity contribution is 4.72. The van der Waals surface area contributed by atoms with E-state index in [4.69, 9.17) is 14.6 Å². The first kappa shape index (κ1) is 13.9. The van der Waals surface area contributed by atoms with Crippen molar-refractivity contribution in [2.45, 2.75) is 53.4 Å². The van der Waals surface area contributed by atoms with Gasteiger partial charge in [0.05, 0.1) is 13.2 Å². The first-order chi connectivity index (χ1) is 6.43. The Kier molecular flexibility index (Phi) is 6.33. The second-order valence-electron chi connectivity index (χ2n) is 4.60. The molecule has 1 saturated heterocycles. The van der Waals surface area contributed by atoms with Gasteiger partial charge in [0.1, 0.15) is 6.10 Å². The number of hydrogen-bond acceptors (Lipinski definition) is 3. The van der Waals surface area contributed by atoms with E-state index in [2.05, 4.69) is 27.7 Å². The zero-order valence-corrected chi connectivity index (χ0v) is 10.0. The van der Waals surface area contributed by atoms with Crippen LogP contribution in [-0.2, 0) is 9.47 Å². The molecule has 1 atom stereocenters. The number of aliphatic hydroxyl groups is 1. The average molecular weight is 204 g/mol. The molecule has 3 nitrogen and oxygen atoms in total. The van der Waals surface area contributed by atoms with E-state index in [1.165, 1.54) is 6.42 Å². The summed E-state index contributed by atoms with van der Waals surface area (Å²) in [4.78, 5) is 0. The lowest BCUT2D eigenvalue weighted by molar-refractivity contribution is -0.253. The Hall–Kier alpha value is -0.120. The molecule has 86 valence electrons. The van der Waals surface area contributed by atoms with Gasteiger partial charge < -0.3 is 14.6 Å². The topological polar surface area (TPSA) is 38.7 Å². The van der Waals surface area contributed by atoms with E-state index >= 15 is 0 Å². The van der Waals surface area contributed by atoms with Gasteiger partial charge in [-0.2, -0.15) is 0 Å². The van der Waals surface area contributed by atoms with Gasteiger partial charge in [0, 0.05) is 5.41 Å². The first-order valence-corrected chi connectivity index (χ1v) is 5.34. The van der Waals surface area contributed by atoms with Crippen molar-refractivity contribution in [3.8, 4) is 0 Å². The Labute approximate surface area is 87.4 Å². The zero-order valence-electron chi connectivity index (χ0n) is 10.0. The summed E-state index contributed by atoms with van der Waals surface area (Å²) in [6.45, 7) is 11.4. The first-order valence-electron chi connectivity index (χ1n) is 5.34. The van der Waals surface area contributed by atoms with Crippen molar-refractivity contribution in [2.24, 2.45) is 5.41 Å². The lowest BCUT2D eigenvalue weighted by Crippen LogP contribution is -2.42. The summed E-state index contributed by atoms with van der Waals surface area (Å²) in [7, 11) is 0. The van der Waals surface area contributed by atoms with Crippen molar-refractivity contribution in [1.82, 2.24) is 0 Å². The minimum Gasteiger partial charge on any atom is -0.388 e. The number of hydrogen-bond donors (Lipinski definition) is 1. The van der Waals surface area contributed by atoms with E-state index in [0.29, 0.717) is 13.2 Å². The fraction of sp³-hybridized carbons (Fsp3) is 1.00. The molecule has 0 aliphatic carbocycles. The van der Waals surface area contributed by atoms with Crippen molar-refractivity contribution < 1.29 is 14.6 Å². The largest absolute Gasteiger partial charge is 0.388 e. The summed E-state index contributed by atoms with van der Waals surface area (Å²) in [6, 6.07) is 0. The van der Waals surface area contributed by atoms with Crippen LogP contribution < -0.4 is 0 Å². The molecule has 0 aromatic heterocycles. The third-order valence-electron chi connectivity index (χ3n) is 1.67. The Bertz CT molecular complexity index is 133. The molecule has 14 heavy (non-hydrogen) atoms. The highest BCUT2D eigenvalue weighted by Crippen LogP contribution is 2.23. The second-order valence-corrected chi connectivity index (χ2v) is 4.60. The van der Waals surface area contributed by atoms with Crippen LogP contribution in [0.4, 0.5) is 0 Å². The van der Waals surface area contributed by atoms with Crippen molar-refractivity contribution >= 4 is 0 Å². The molecule has 0 amide bonds. The molecule has 1 rings (SSSR count). The van der Waals surface area contributed by atoms with Crippen molar-refractivity contribution in [3.05, 3.63) is 0 Å². The van der Waals surface area contributed by atoms with Gasteiger partial charge in [0.15, 0.2) is 6.29 Å². The number of ether oxygens (including phenoxy) is 2. The predicted molar refractivity (Wildman–Crippen MR) is 57.1 cm³/mol. The van der Waals surface area contributed by atoms with Crippen LogP contribution >= 0.6 is 0 Å². The molecule has 1 N–H and O–H groups in total. The van der Waals surface area contributed by atoms with Crippen LogP contribution in [0.5, 0.6) is 0 Å². The van der Waals surface area contributed by atoms with Crippen LogP contribution in [0, 0.1) is 5.41 Å². The highest BCUT2D eigenvalue weighted by Gasteiger charge is 2.30.